The number of anilines is 1. The van der Waals surface area contributed by atoms with Gasteiger partial charge in [-0.2, -0.15) is 5.26 Å². The van der Waals surface area contributed by atoms with Crippen LogP contribution < -0.4 is 5.32 Å². The van der Waals surface area contributed by atoms with Crippen LogP contribution in [0.15, 0.2) is 18.2 Å². The third-order valence-electron chi connectivity index (χ3n) is 2.06. The fraction of sp³-hybridized carbons (Fsp3) is 0.364. The molecule has 0 amide bonds. The van der Waals surface area contributed by atoms with Crippen LogP contribution in [0.1, 0.15) is 18.9 Å². The van der Waals surface area contributed by atoms with E-state index >= 15 is 0 Å². The third-order valence-corrected chi connectivity index (χ3v) is 2.38. The van der Waals surface area contributed by atoms with Gasteiger partial charge in [0.1, 0.15) is 6.07 Å². The van der Waals surface area contributed by atoms with Crippen molar-refractivity contribution in [1.29, 1.82) is 5.26 Å². The third kappa shape index (κ3) is 3.43. The molecular weight excluding hydrogens is 212 g/mol. The zero-order valence-electron chi connectivity index (χ0n) is 8.50. The molecule has 0 heterocycles. The molecule has 0 aliphatic rings. The van der Waals surface area contributed by atoms with Crippen LogP contribution in [0.4, 0.5) is 5.69 Å². The number of nitriles is 1. The SMILES string of the molecule is C[C@H](CCO)Nc1ccc(C#N)c(Cl)c1. The Morgan fingerprint density at radius 2 is 2.33 bits per heavy atom. The highest BCUT2D eigenvalue weighted by atomic mass is 35.5. The summed E-state index contributed by atoms with van der Waals surface area (Å²) in [6.45, 7) is 2.13. The molecule has 4 heteroatoms. The van der Waals surface area contributed by atoms with E-state index in [9.17, 15) is 0 Å². The lowest BCUT2D eigenvalue weighted by atomic mass is 10.2. The normalized spacial score (nSPS) is 11.9. The summed E-state index contributed by atoms with van der Waals surface area (Å²) in [4.78, 5) is 0. The van der Waals surface area contributed by atoms with Crippen LogP contribution in [-0.4, -0.2) is 17.8 Å². The van der Waals surface area contributed by atoms with Crippen molar-refractivity contribution in [3.8, 4) is 6.07 Å². The van der Waals surface area contributed by atoms with Crippen molar-refractivity contribution in [2.24, 2.45) is 0 Å². The van der Waals surface area contributed by atoms with Gasteiger partial charge in [-0.15, -0.1) is 0 Å². The molecule has 0 fully saturated rings. The molecule has 15 heavy (non-hydrogen) atoms. The predicted molar refractivity (Wildman–Crippen MR) is 61.0 cm³/mol. The van der Waals surface area contributed by atoms with Gasteiger partial charge in [0.25, 0.3) is 0 Å². The van der Waals surface area contributed by atoms with Gasteiger partial charge >= 0.3 is 0 Å². The van der Waals surface area contributed by atoms with Gasteiger partial charge in [-0.05, 0) is 31.5 Å². The van der Waals surface area contributed by atoms with Crippen molar-refractivity contribution >= 4 is 17.3 Å². The highest BCUT2D eigenvalue weighted by Gasteiger charge is 2.04. The van der Waals surface area contributed by atoms with Gasteiger partial charge < -0.3 is 10.4 Å². The van der Waals surface area contributed by atoms with E-state index in [4.69, 9.17) is 22.0 Å². The first-order valence-corrected chi connectivity index (χ1v) is 5.12. The molecule has 0 aliphatic heterocycles. The molecule has 0 saturated carbocycles. The van der Waals surface area contributed by atoms with Crippen molar-refractivity contribution in [2.45, 2.75) is 19.4 Å². The van der Waals surface area contributed by atoms with E-state index in [1.54, 1.807) is 18.2 Å². The minimum Gasteiger partial charge on any atom is -0.396 e. The van der Waals surface area contributed by atoms with Crippen LogP contribution in [0, 0.1) is 11.3 Å². The number of benzene rings is 1. The number of halogens is 1. The van der Waals surface area contributed by atoms with E-state index in [2.05, 4.69) is 5.32 Å². The number of rotatable bonds is 4. The highest BCUT2D eigenvalue weighted by Crippen LogP contribution is 2.20. The zero-order chi connectivity index (χ0) is 11.3. The fourth-order valence-electron chi connectivity index (χ4n) is 1.25. The maximum absolute atomic E-state index is 8.74. The minimum atomic E-state index is 0.151. The van der Waals surface area contributed by atoms with Crippen molar-refractivity contribution in [3.63, 3.8) is 0 Å². The summed E-state index contributed by atoms with van der Waals surface area (Å²) in [5.41, 5.74) is 1.33. The first kappa shape index (κ1) is 11.8. The lowest BCUT2D eigenvalue weighted by Crippen LogP contribution is -2.16. The Hall–Kier alpha value is -1.24. The summed E-state index contributed by atoms with van der Waals surface area (Å²) in [6.07, 6.45) is 0.678. The number of aliphatic hydroxyl groups excluding tert-OH is 1. The summed E-state index contributed by atoms with van der Waals surface area (Å²) < 4.78 is 0. The monoisotopic (exact) mass is 224 g/mol. The van der Waals surface area contributed by atoms with Crippen molar-refractivity contribution in [1.82, 2.24) is 0 Å². The van der Waals surface area contributed by atoms with Crippen LogP contribution in [-0.2, 0) is 0 Å². The smallest absolute Gasteiger partial charge is 0.101 e. The summed E-state index contributed by atoms with van der Waals surface area (Å²) >= 11 is 5.88. The van der Waals surface area contributed by atoms with E-state index in [0.29, 0.717) is 17.0 Å². The molecule has 1 rings (SSSR count). The molecule has 1 aromatic carbocycles. The van der Waals surface area contributed by atoms with E-state index in [1.165, 1.54) is 0 Å². The van der Waals surface area contributed by atoms with Crippen LogP contribution in [0.2, 0.25) is 5.02 Å². The molecule has 1 atom stereocenters. The second kappa shape index (κ2) is 5.59. The number of hydrogen-bond donors (Lipinski definition) is 2. The van der Waals surface area contributed by atoms with Crippen LogP contribution >= 0.6 is 11.6 Å². The van der Waals surface area contributed by atoms with Crippen molar-refractivity contribution in [2.75, 3.05) is 11.9 Å². The van der Waals surface area contributed by atoms with E-state index in [-0.39, 0.29) is 12.6 Å². The van der Waals surface area contributed by atoms with Crippen LogP contribution in [0.3, 0.4) is 0 Å². The van der Waals surface area contributed by atoms with Crippen LogP contribution in [0.5, 0.6) is 0 Å². The van der Waals surface area contributed by atoms with Gasteiger partial charge in [0.05, 0.1) is 10.6 Å². The standard InChI is InChI=1S/C11H13ClN2O/c1-8(4-5-15)14-10-3-2-9(7-13)11(12)6-10/h2-3,6,8,14-15H,4-5H2,1H3/t8-/m1/s1. The molecule has 1 aromatic rings. The predicted octanol–water partition coefficient (Wildman–Crippen LogP) is 2.39. The lowest BCUT2D eigenvalue weighted by molar-refractivity contribution is 0.282. The molecule has 80 valence electrons. The average Bonchev–Trinajstić information content (AvgIpc) is 2.18. The molecule has 0 saturated heterocycles. The minimum absolute atomic E-state index is 0.151. The summed E-state index contributed by atoms with van der Waals surface area (Å²) in [5.74, 6) is 0. The molecule has 3 nitrogen and oxygen atoms in total. The lowest BCUT2D eigenvalue weighted by Gasteiger charge is -2.14. The van der Waals surface area contributed by atoms with E-state index in [1.807, 2.05) is 13.0 Å². The maximum Gasteiger partial charge on any atom is 0.101 e. The van der Waals surface area contributed by atoms with E-state index < -0.39 is 0 Å². The molecule has 0 radical (unpaired) electrons. The Bertz CT molecular complexity index is 373. The maximum atomic E-state index is 8.74. The van der Waals surface area contributed by atoms with Gasteiger partial charge in [0, 0.05) is 18.3 Å². The summed E-state index contributed by atoms with van der Waals surface area (Å²) in [5, 5.41) is 21.1. The molecule has 0 aromatic heterocycles. The average molecular weight is 225 g/mol. The largest absolute Gasteiger partial charge is 0.396 e. The number of hydrogen-bond acceptors (Lipinski definition) is 3. The number of nitrogens with one attached hydrogen (secondary N) is 1. The molecule has 0 spiro atoms. The van der Waals surface area contributed by atoms with Gasteiger partial charge in [-0.1, -0.05) is 11.6 Å². The molecular formula is C11H13ClN2O. The van der Waals surface area contributed by atoms with Crippen molar-refractivity contribution in [3.05, 3.63) is 28.8 Å². The summed E-state index contributed by atoms with van der Waals surface area (Å²) in [7, 11) is 0. The quantitative estimate of drug-likeness (QED) is 0.826. The van der Waals surface area contributed by atoms with Gasteiger partial charge in [-0.25, -0.2) is 0 Å². The molecule has 0 aliphatic carbocycles. The Balaban J connectivity index is 2.72. The first-order valence-electron chi connectivity index (χ1n) is 4.74. The highest BCUT2D eigenvalue weighted by molar-refractivity contribution is 6.32. The Morgan fingerprint density at radius 1 is 1.60 bits per heavy atom. The van der Waals surface area contributed by atoms with Gasteiger partial charge in [0.15, 0.2) is 0 Å². The molecule has 0 bridgehead atoms. The van der Waals surface area contributed by atoms with Gasteiger partial charge in [0.2, 0.25) is 0 Å². The second-order valence-electron chi connectivity index (χ2n) is 3.36. The zero-order valence-corrected chi connectivity index (χ0v) is 9.25. The first-order chi connectivity index (χ1) is 7.17. The Labute approximate surface area is 94.3 Å². The Morgan fingerprint density at radius 3 is 2.87 bits per heavy atom. The Kier molecular flexibility index (Phi) is 4.41. The molecule has 2 N–H and O–H groups in total. The van der Waals surface area contributed by atoms with E-state index in [0.717, 1.165) is 5.69 Å². The van der Waals surface area contributed by atoms with Crippen molar-refractivity contribution < 1.29 is 5.11 Å². The number of aliphatic hydroxyl groups is 1. The van der Waals surface area contributed by atoms with Crippen LogP contribution in [0.25, 0.3) is 0 Å². The number of nitrogens with zero attached hydrogens (tertiary/aromatic N) is 1. The second-order valence-corrected chi connectivity index (χ2v) is 3.77. The van der Waals surface area contributed by atoms with Gasteiger partial charge in [-0.3, -0.25) is 0 Å². The summed E-state index contributed by atoms with van der Waals surface area (Å²) in [6, 6.07) is 7.38. The fourth-order valence-corrected chi connectivity index (χ4v) is 1.47. The topological polar surface area (TPSA) is 56.0 Å². The molecule has 0 unspecified atom stereocenters.